The monoisotopic (exact) mass is 455 g/mol. The Kier molecular flexibility index (Phi) is 6.91. The number of fused-ring (bicyclic) bond motifs is 2. The highest BCUT2D eigenvalue weighted by Gasteiger charge is 2.17. The fraction of sp³-hybridized carbons (Fsp3) is 0.143. The molecule has 0 saturated heterocycles. The molecule has 0 saturated carbocycles. The van der Waals surface area contributed by atoms with E-state index < -0.39 is 40.3 Å². The topological polar surface area (TPSA) is 179 Å². The standard InChI is InChI=1S/C12H12N2O5.C9H5NO4/c15-6-8(7-16)13-5-4-9-10(12(13)17)2-1-3-11(9)14(18)19;11-9-7-2-1-3-8(10(12)13)6(7)4-5-14-9/h1-5,8,15-16H,6-7H2;1-5H. The fourth-order valence-corrected chi connectivity index (χ4v) is 3.25. The number of hydrogen-bond acceptors (Lipinski definition) is 9. The number of aliphatic hydroxyl groups is 2. The molecule has 0 atom stereocenters. The number of rotatable bonds is 5. The molecule has 0 aliphatic carbocycles. The summed E-state index contributed by atoms with van der Waals surface area (Å²) in [4.78, 5) is 43.7. The van der Waals surface area contributed by atoms with Gasteiger partial charge in [0.2, 0.25) is 0 Å². The second-order valence-corrected chi connectivity index (χ2v) is 6.75. The summed E-state index contributed by atoms with van der Waals surface area (Å²) in [5.74, 6) is 0. The van der Waals surface area contributed by atoms with Crippen molar-refractivity contribution in [1.82, 2.24) is 4.57 Å². The van der Waals surface area contributed by atoms with Gasteiger partial charge in [-0.1, -0.05) is 12.1 Å². The molecule has 0 spiro atoms. The highest BCUT2D eigenvalue weighted by Crippen LogP contribution is 2.23. The minimum Gasteiger partial charge on any atom is -0.431 e. The van der Waals surface area contributed by atoms with Crippen LogP contribution in [0.3, 0.4) is 0 Å². The molecule has 0 radical (unpaired) electrons. The summed E-state index contributed by atoms with van der Waals surface area (Å²) >= 11 is 0. The molecule has 2 aromatic carbocycles. The number of hydrogen-bond donors (Lipinski definition) is 2. The van der Waals surface area contributed by atoms with Gasteiger partial charge in [-0.15, -0.1) is 0 Å². The second-order valence-electron chi connectivity index (χ2n) is 6.75. The van der Waals surface area contributed by atoms with E-state index in [9.17, 15) is 29.8 Å². The normalized spacial score (nSPS) is 10.8. The molecule has 0 amide bonds. The number of aliphatic hydroxyl groups excluding tert-OH is 2. The van der Waals surface area contributed by atoms with E-state index in [1.54, 1.807) is 0 Å². The van der Waals surface area contributed by atoms with Crippen molar-refractivity contribution < 1.29 is 24.5 Å². The van der Waals surface area contributed by atoms with Gasteiger partial charge in [-0.2, -0.15) is 0 Å². The predicted molar refractivity (Wildman–Crippen MR) is 117 cm³/mol. The van der Waals surface area contributed by atoms with E-state index >= 15 is 0 Å². The minimum absolute atomic E-state index is 0.0876. The lowest BCUT2D eigenvalue weighted by molar-refractivity contribution is -0.383. The van der Waals surface area contributed by atoms with E-state index in [0.717, 1.165) is 6.26 Å². The first-order chi connectivity index (χ1) is 15.8. The molecular weight excluding hydrogens is 438 g/mol. The Morgan fingerprint density at radius 2 is 1.36 bits per heavy atom. The van der Waals surface area contributed by atoms with Crippen LogP contribution in [0.1, 0.15) is 6.04 Å². The van der Waals surface area contributed by atoms with Crippen molar-refractivity contribution in [1.29, 1.82) is 0 Å². The zero-order chi connectivity index (χ0) is 24.1. The smallest absolute Gasteiger partial charge is 0.343 e. The summed E-state index contributed by atoms with van der Waals surface area (Å²) in [7, 11) is 0. The molecule has 0 fully saturated rings. The van der Waals surface area contributed by atoms with E-state index in [2.05, 4.69) is 4.42 Å². The van der Waals surface area contributed by atoms with Crippen LogP contribution in [-0.4, -0.2) is 37.8 Å². The van der Waals surface area contributed by atoms with Crippen LogP contribution in [0.4, 0.5) is 11.4 Å². The Labute approximate surface area is 183 Å². The van der Waals surface area contributed by atoms with Crippen LogP contribution >= 0.6 is 0 Å². The van der Waals surface area contributed by atoms with Crippen molar-refractivity contribution in [3.63, 3.8) is 0 Å². The molecule has 0 bridgehead atoms. The molecule has 12 nitrogen and oxygen atoms in total. The number of nitrogens with zero attached hydrogens (tertiary/aromatic N) is 3. The first-order valence-electron chi connectivity index (χ1n) is 9.45. The molecule has 170 valence electrons. The summed E-state index contributed by atoms with van der Waals surface area (Å²) in [6, 6.07) is 10.6. The van der Waals surface area contributed by atoms with Crippen LogP contribution in [0.25, 0.3) is 21.5 Å². The van der Waals surface area contributed by atoms with Crippen molar-refractivity contribution in [2.24, 2.45) is 0 Å². The summed E-state index contributed by atoms with van der Waals surface area (Å²) in [5.41, 5.74) is -1.28. The maximum absolute atomic E-state index is 12.2. The van der Waals surface area contributed by atoms with Gasteiger partial charge in [0.1, 0.15) is 0 Å². The van der Waals surface area contributed by atoms with Crippen LogP contribution < -0.4 is 11.2 Å². The number of aromatic nitrogens is 1. The first-order valence-corrected chi connectivity index (χ1v) is 9.45. The van der Waals surface area contributed by atoms with Gasteiger partial charge in [-0.3, -0.25) is 25.0 Å². The largest absolute Gasteiger partial charge is 0.431 e. The van der Waals surface area contributed by atoms with Crippen LogP contribution in [0.15, 0.2) is 75.0 Å². The van der Waals surface area contributed by atoms with E-state index in [1.807, 2.05) is 0 Å². The Morgan fingerprint density at radius 1 is 0.818 bits per heavy atom. The van der Waals surface area contributed by atoms with Gasteiger partial charge in [0.05, 0.1) is 56.9 Å². The highest BCUT2D eigenvalue weighted by atomic mass is 16.6. The quantitative estimate of drug-likeness (QED) is 0.337. The van der Waals surface area contributed by atoms with Crippen molar-refractivity contribution in [2.45, 2.75) is 6.04 Å². The van der Waals surface area contributed by atoms with E-state index in [0.29, 0.717) is 5.39 Å². The third kappa shape index (κ3) is 4.61. The molecule has 33 heavy (non-hydrogen) atoms. The number of pyridine rings is 1. The van der Waals surface area contributed by atoms with Gasteiger partial charge in [0.25, 0.3) is 16.9 Å². The molecule has 0 aliphatic heterocycles. The average Bonchev–Trinajstić information content (AvgIpc) is 2.81. The van der Waals surface area contributed by atoms with Gasteiger partial charge in [-0.05, 0) is 24.3 Å². The van der Waals surface area contributed by atoms with Crippen molar-refractivity contribution in [3.8, 4) is 0 Å². The lowest BCUT2D eigenvalue weighted by Crippen LogP contribution is -2.28. The molecule has 0 aliphatic rings. The third-order valence-electron chi connectivity index (χ3n) is 4.87. The molecule has 4 aromatic rings. The second kappa shape index (κ2) is 9.80. The van der Waals surface area contributed by atoms with E-state index in [1.165, 1.54) is 59.3 Å². The predicted octanol–water partition coefficient (Wildman–Crippen LogP) is 2.14. The van der Waals surface area contributed by atoms with Gasteiger partial charge < -0.3 is 19.2 Å². The Balaban J connectivity index is 0.000000194. The molecule has 2 N–H and O–H groups in total. The van der Waals surface area contributed by atoms with Crippen LogP contribution in [0.2, 0.25) is 0 Å². The summed E-state index contributed by atoms with van der Waals surface area (Å²) < 4.78 is 5.77. The Morgan fingerprint density at radius 3 is 1.91 bits per heavy atom. The van der Waals surface area contributed by atoms with Crippen LogP contribution in [-0.2, 0) is 0 Å². The van der Waals surface area contributed by atoms with E-state index in [4.69, 9.17) is 10.2 Å². The molecule has 0 unspecified atom stereocenters. The number of non-ortho nitro benzene ring substituents is 2. The molecule has 2 aromatic heterocycles. The molecular formula is C21H17N3O9. The van der Waals surface area contributed by atoms with Crippen LogP contribution in [0, 0.1) is 20.2 Å². The summed E-state index contributed by atoms with van der Waals surface area (Å²) in [6.07, 6.45) is 2.49. The first kappa shape index (κ1) is 23.2. The average molecular weight is 455 g/mol. The Bertz CT molecular complexity index is 1460. The number of benzene rings is 2. The zero-order valence-corrected chi connectivity index (χ0v) is 16.9. The van der Waals surface area contributed by atoms with Gasteiger partial charge in [0.15, 0.2) is 0 Å². The van der Waals surface area contributed by atoms with E-state index in [-0.39, 0.29) is 27.5 Å². The lowest BCUT2D eigenvalue weighted by atomic mass is 10.1. The van der Waals surface area contributed by atoms with Gasteiger partial charge >= 0.3 is 5.63 Å². The zero-order valence-electron chi connectivity index (χ0n) is 16.9. The molecule has 12 heteroatoms. The third-order valence-corrected chi connectivity index (χ3v) is 4.87. The highest BCUT2D eigenvalue weighted by molar-refractivity contribution is 5.90. The lowest BCUT2D eigenvalue weighted by Gasteiger charge is -2.15. The molecule has 2 heterocycles. The van der Waals surface area contributed by atoms with Gasteiger partial charge in [0, 0.05) is 18.3 Å². The van der Waals surface area contributed by atoms with Crippen molar-refractivity contribution in [2.75, 3.05) is 13.2 Å². The summed E-state index contributed by atoms with van der Waals surface area (Å²) in [5, 5.41) is 40.6. The van der Waals surface area contributed by atoms with Crippen molar-refractivity contribution >= 4 is 32.9 Å². The summed E-state index contributed by atoms with van der Waals surface area (Å²) in [6.45, 7) is -0.784. The number of nitro groups is 2. The fourth-order valence-electron chi connectivity index (χ4n) is 3.25. The van der Waals surface area contributed by atoms with Gasteiger partial charge in [-0.25, -0.2) is 4.79 Å². The maximum Gasteiger partial charge on any atom is 0.343 e. The number of nitro benzene ring substituents is 2. The SMILES string of the molecule is O=c1c2cccc([N+](=O)[O-])c2ccn1C(CO)CO.O=c1occc2c([N+](=O)[O-])cccc12. The Hall–Kier alpha value is -4.42. The van der Waals surface area contributed by atoms with Crippen molar-refractivity contribution in [3.05, 3.63) is 102 Å². The minimum atomic E-state index is -0.754. The van der Waals surface area contributed by atoms with Crippen LogP contribution in [0.5, 0.6) is 0 Å². The maximum atomic E-state index is 12.2. The molecule has 4 rings (SSSR count).